The van der Waals surface area contributed by atoms with Crippen LogP contribution in [0.1, 0.15) is 0 Å². The molecule has 0 aromatic heterocycles. The molecule has 0 aliphatic heterocycles. The van der Waals surface area contributed by atoms with Crippen molar-refractivity contribution in [1.29, 1.82) is 0 Å². The Morgan fingerprint density at radius 1 is 1.64 bits per heavy atom. The van der Waals surface area contributed by atoms with Gasteiger partial charge in [-0.3, -0.25) is 9.59 Å². The van der Waals surface area contributed by atoms with E-state index in [4.69, 9.17) is 22.4 Å². The van der Waals surface area contributed by atoms with Gasteiger partial charge in [0.25, 0.3) is 0 Å². The molecule has 0 unspecified atom stereocenters. The number of carbonyl (C=O) groups excluding carboxylic acids is 1. The molecule has 0 radical (unpaired) electrons. The monoisotopic (exact) mass is 180 g/mol. The van der Waals surface area contributed by atoms with Crippen LogP contribution in [0.5, 0.6) is 0 Å². The van der Waals surface area contributed by atoms with E-state index in [1.54, 1.807) is 0 Å². The fourth-order valence-electron chi connectivity index (χ4n) is 0.358. The van der Waals surface area contributed by atoms with Crippen LogP contribution in [0.2, 0.25) is 0 Å². The maximum Gasteiger partial charge on any atom is 0.322 e. The first-order chi connectivity index (χ1) is 5.07. The molecule has 0 saturated heterocycles. The zero-order valence-electron chi connectivity index (χ0n) is 5.71. The van der Waals surface area contributed by atoms with E-state index in [1.165, 1.54) is 0 Å². The zero-order valence-corrected chi connectivity index (χ0v) is 6.47. The lowest BCUT2D eigenvalue weighted by atomic mass is 10.3. The van der Waals surface area contributed by atoms with Gasteiger partial charge < -0.3 is 16.2 Å². The van der Waals surface area contributed by atoms with Crippen LogP contribution in [0.15, 0.2) is 0 Å². The molecule has 0 saturated carbocycles. The Labute approximate surface area is 68.5 Å². The van der Waals surface area contributed by atoms with Crippen LogP contribution in [0.4, 0.5) is 0 Å². The first-order valence-corrected chi connectivity index (χ1v) is 3.42. The van der Waals surface area contributed by atoms with E-state index < -0.39 is 17.9 Å². The van der Waals surface area contributed by atoms with E-state index in [-0.39, 0.29) is 12.4 Å². The quantitative estimate of drug-likeness (QED) is 0.472. The van der Waals surface area contributed by atoms with E-state index in [2.05, 4.69) is 5.32 Å². The van der Waals surface area contributed by atoms with Crippen molar-refractivity contribution in [1.82, 2.24) is 5.32 Å². The van der Waals surface area contributed by atoms with E-state index in [0.717, 1.165) is 0 Å². The molecule has 0 spiro atoms. The first-order valence-electron chi connectivity index (χ1n) is 2.89. The van der Waals surface area contributed by atoms with Gasteiger partial charge in [-0.25, -0.2) is 0 Å². The first kappa shape index (κ1) is 10.2. The third kappa shape index (κ3) is 4.58. The predicted molar refractivity (Wildman–Crippen MR) is 39.3 cm³/mol. The second-order valence-corrected chi connectivity index (χ2v) is 2.15. The molecule has 0 heterocycles. The number of hydrogen-bond acceptors (Lipinski definition) is 3. The number of aliphatic carboxylic acids is 1. The number of nitrogens with one attached hydrogen (secondary N) is 1. The summed E-state index contributed by atoms with van der Waals surface area (Å²) in [5.74, 6) is -1.77. The Morgan fingerprint density at radius 3 is 2.55 bits per heavy atom. The number of hydrogen-bond donors (Lipinski definition) is 3. The lowest BCUT2D eigenvalue weighted by molar-refractivity contribution is -0.138. The molecular formula is C5H9ClN2O3. The summed E-state index contributed by atoms with van der Waals surface area (Å²) in [6.45, 7) is -0.0963. The normalized spacial score (nSPS) is 12.2. The van der Waals surface area contributed by atoms with Gasteiger partial charge in [0, 0.05) is 6.54 Å². The van der Waals surface area contributed by atoms with E-state index in [0.29, 0.717) is 0 Å². The summed E-state index contributed by atoms with van der Waals surface area (Å²) in [7, 11) is 0. The molecule has 0 aromatic carbocycles. The Balaban J connectivity index is 3.54. The van der Waals surface area contributed by atoms with Crippen molar-refractivity contribution >= 4 is 23.5 Å². The minimum absolute atomic E-state index is 0.0963. The van der Waals surface area contributed by atoms with Crippen molar-refractivity contribution in [2.75, 3.05) is 12.4 Å². The highest BCUT2D eigenvalue weighted by atomic mass is 35.5. The van der Waals surface area contributed by atoms with Gasteiger partial charge >= 0.3 is 5.97 Å². The SMILES string of the molecule is N[C@H](CNC(=O)CCl)C(=O)O. The average Bonchev–Trinajstić information content (AvgIpc) is 1.99. The number of amides is 1. The number of carbonyl (C=O) groups is 2. The van der Waals surface area contributed by atoms with Crippen molar-refractivity contribution in [3.05, 3.63) is 0 Å². The van der Waals surface area contributed by atoms with Gasteiger partial charge in [0.1, 0.15) is 11.9 Å². The second-order valence-electron chi connectivity index (χ2n) is 1.88. The molecule has 11 heavy (non-hydrogen) atoms. The van der Waals surface area contributed by atoms with Crippen LogP contribution in [0.3, 0.4) is 0 Å². The number of halogens is 1. The Morgan fingerprint density at radius 2 is 2.18 bits per heavy atom. The summed E-state index contributed by atoms with van der Waals surface area (Å²) < 4.78 is 0. The minimum Gasteiger partial charge on any atom is -0.480 e. The van der Waals surface area contributed by atoms with Crippen LogP contribution in [-0.4, -0.2) is 35.4 Å². The standard InChI is InChI=1S/C5H9ClN2O3/c6-1-4(9)8-2-3(7)5(10)11/h3H,1-2,7H2,(H,8,9)(H,10,11)/t3-/m1/s1. The summed E-state index contributed by atoms with van der Waals surface area (Å²) in [6, 6.07) is -1.07. The summed E-state index contributed by atoms with van der Waals surface area (Å²) in [6.07, 6.45) is 0. The van der Waals surface area contributed by atoms with Gasteiger partial charge in [-0.15, -0.1) is 11.6 Å². The zero-order chi connectivity index (χ0) is 8.85. The molecule has 1 atom stereocenters. The molecule has 0 aromatic rings. The number of alkyl halides is 1. The molecule has 0 bridgehead atoms. The third-order valence-electron chi connectivity index (χ3n) is 0.958. The largest absolute Gasteiger partial charge is 0.480 e. The highest BCUT2D eigenvalue weighted by Crippen LogP contribution is 1.77. The van der Waals surface area contributed by atoms with Crippen molar-refractivity contribution in [2.45, 2.75) is 6.04 Å². The highest BCUT2D eigenvalue weighted by Gasteiger charge is 2.11. The minimum atomic E-state index is -1.15. The van der Waals surface area contributed by atoms with Crippen LogP contribution in [-0.2, 0) is 9.59 Å². The average molecular weight is 181 g/mol. The van der Waals surface area contributed by atoms with Crippen molar-refractivity contribution in [3.8, 4) is 0 Å². The van der Waals surface area contributed by atoms with Crippen LogP contribution in [0, 0.1) is 0 Å². The van der Waals surface area contributed by atoms with E-state index in [9.17, 15) is 9.59 Å². The molecule has 6 heteroatoms. The molecule has 0 rings (SSSR count). The summed E-state index contributed by atoms with van der Waals surface area (Å²) in [5, 5.41) is 10.5. The lowest BCUT2D eigenvalue weighted by Crippen LogP contribution is -2.42. The van der Waals surface area contributed by atoms with Crippen LogP contribution < -0.4 is 11.1 Å². The summed E-state index contributed by atoms with van der Waals surface area (Å²) in [4.78, 5) is 20.5. The Kier molecular flexibility index (Phi) is 4.56. The van der Waals surface area contributed by atoms with Crippen molar-refractivity contribution < 1.29 is 14.7 Å². The summed E-state index contributed by atoms with van der Waals surface area (Å²) in [5.41, 5.74) is 5.06. The highest BCUT2D eigenvalue weighted by molar-refractivity contribution is 6.27. The fraction of sp³-hybridized carbons (Fsp3) is 0.600. The van der Waals surface area contributed by atoms with Gasteiger partial charge in [0.05, 0.1) is 0 Å². The maximum atomic E-state index is 10.4. The van der Waals surface area contributed by atoms with Gasteiger partial charge in [0.2, 0.25) is 5.91 Å². The van der Waals surface area contributed by atoms with Crippen molar-refractivity contribution in [2.24, 2.45) is 5.73 Å². The van der Waals surface area contributed by atoms with E-state index in [1.807, 2.05) is 0 Å². The lowest BCUT2D eigenvalue weighted by Gasteiger charge is -2.05. The number of carboxylic acid groups (broad SMARTS) is 1. The predicted octanol–water partition coefficient (Wildman–Crippen LogP) is -1.25. The molecule has 0 fully saturated rings. The molecule has 64 valence electrons. The maximum absolute atomic E-state index is 10.4. The third-order valence-corrected chi connectivity index (χ3v) is 1.20. The Bertz CT molecular complexity index is 162. The van der Waals surface area contributed by atoms with Gasteiger partial charge in [-0.1, -0.05) is 0 Å². The fourth-order valence-corrected chi connectivity index (χ4v) is 0.453. The number of carboxylic acids is 1. The molecule has 1 amide bonds. The summed E-state index contributed by atoms with van der Waals surface area (Å²) >= 11 is 5.11. The Hall–Kier alpha value is -0.810. The van der Waals surface area contributed by atoms with Gasteiger partial charge in [-0.05, 0) is 0 Å². The smallest absolute Gasteiger partial charge is 0.322 e. The van der Waals surface area contributed by atoms with E-state index >= 15 is 0 Å². The second kappa shape index (κ2) is 4.92. The molecular weight excluding hydrogens is 172 g/mol. The van der Waals surface area contributed by atoms with Crippen LogP contribution in [0.25, 0.3) is 0 Å². The number of rotatable bonds is 4. The van der Waals surface area contributed by atoms with Crippen LogP contribution >= 0.6 is 11.6 Å². The van der Waals surface area contributed by atoms with Gasteiger partial charge in [0.15, 0.2) is 0 Å². The van der Waals surface area contributed by atoms with Gasteiger partial charge in [-0.2, -0.15) is 0 Å². The molecule has 4 N–H and O–H groups in total. The van der Waals surface area contributed by atoms with Crippen molar-refractivity contribution in [3.63, 3.8) is 0 Å². The topological polar surface area (TPSA) is 92.4 Å². The molecule has 5 nitrogen and oxygen atoms in total. The number of nitrogens with two attached hydrogens (primary N) is 1. The molecule has 0 aliphatic rings. The molecule has 0 aliphatic carbocycles.